The van der Waals surface area contributed by atoms with Crippen molar-refractivity contribution in [3.8, 4) is 0 Å². The minimum absolute atomic E-state index is 0.0599. The number of aromatic amines is 1. The zero-order chi connectivity index (χ0) is 16.2. The number of esters is 1. The van der Waals surface area contributed by atoms with Gasteiger partial charge in [-0.25, -0.2) is 9.78 Å². The lowest BCUT2D eigenvalue weighted by Gasteiger charge is -2.03. The smallest absolute Gasteiger partial charge is 0.356 e. The van der Waals surface area contributed by atoms with Gasteiger partial charge in [-0.15, -0.1) is 0 Å². The summed E-state index contributed by atoms with van der Waals surface area (Å²) in [5, 5.41) is 0.482. The summed E-state index contributed by atoms with van der Waals surface area (Å²) in [6.07, 6.45) is 10.1. The number of nitrogens with zero attached hydrogens (tertiary/aromatic N) is 1. The Labute approximate surface area is 136 Å². The van der Waals surface area contributed by atoms with Gasteiger partial charge in [-0.05, 0) is 6.42 Å². The molecule has 6 heteroatoms. The van der Waals surface area contributed by atoms with Gasteiger partial charge in [0.2, 0.25) is 0 Å². The van der Waals surface area contributed by atoms with E-state index >= 15 is 0 Å². The normalized spacial score (nSPS) is 10.6. The first-order chi connectivity index (χ1) is 10.7. The first-order valence-electron chi connectivity index (χ1n) is 8.00. The molecule has 1 N–H and O–H groups in total. The molecule has 0 bridgehead atoms. The van der Waals surface area contributed by atoms with Crippen molar-refractivity contribution in [3.63, 3.8) is 0 Å². The van der Waals surface area contributed by atoms with Crippen molar-refractivity contribution in [2.75, 3.05) is 12.9 Å². The number of ether oxygens (including phenoxy) is 1. The Morgan fingerprint density at radius 2 is 1.82 bits per heavy atom. The van der Waals surface area contributed by atoms with Crippen LogP contribution in [0.5, 0.6) is 0 Å². The van der Waals surface area contributed by atoms with Crippen LogP contribution in [0, 0.1) is 0 Å². The van der Waals surface area contributed by atoms with E-state index in [0.717, 1.165) is 18.2 Å². The van der Waals surface area contributed by atoms with Crippen LogP contribution in [0.2, 0.25) is 0 Å². The molecule has 124 valence electrons. The molecule has 22 heavy (non-hydrogen) atoms. The zero-order valence-corrected chi connectivity index (χ0v) is 14.3. The first kappa shape index (κ1) is 18.7. The van der Waals surface area contributed by atoms with Crippen LogP contribution in [-0.4, -0.2) is 28.8 Å². The van der Waals surface area contributed by atoms with E-state index in [1.54, 1.807) is 0 Å². The second-order valence-corrected chi connectivity index (χ2v) is 6.33. The number of H-pyrrole nitrogens is 1. The summed E-state index contributed by atoms with van der Waals surface area (Å²) < 4.78 is 4.58. The van der Waals surface area contributed by atoms with E-state index in [9.17, 15) is 9.59 Å². The number of thioether (sulfide) groups is 1. The van der Waals surface area contributed by atoms with E-state index in [-0.39, 0.29) is 11.3 Å². The number of aromatic nitrogens is 2. The summed E-state index contributed by atoms with van der Waals surface area (Å²) in [6.45, 7) is 2.23. The van der Waals surface area contributed by atoms with Gasteiger partial charge < -0.3 is 9.72 Å². The van der Waals surface area contributed by atoms with Gasteiger partial charge in [-0.3, -0.25) is 4.79 Å². The highest BCUT2D eigenvalue weighted by molar-refractivity contribution is 7.99. The highest BCUT2D eigenvalue weighted by Crippen LogP contribution is 2.16. The number of hydrogen-bond acceptors (Lipinski definition) is 5. The molecule has 1 aromatic heterocycles. The first-order valence-corrected chi connectivity index (χ1v) is 8.98. The Morgan fingerprint density at radius 1 is 1.18 bits per heavy atom. The fourth-order valence-corrected chi connectivity index (χ4v) is 3.00. The molecular weight excluding hydrogens is 300 g/mol. The zero-order valence-electron chi connectivity index (χ0n) is 13.5. The van der Waals surface area contributed by atoms with Gasteiger partial charge in [0.05, 0.1) is 7.11 Å². The topological polar surface area (TPSA) is 72.0 Å². The standard InChI is InChI=1S/C16H26N2O3S/c1-3-4-5-6-7-8-9-10-11-22-16-17-13(15(20)21-2)12-14(19)18-16/h12H,3-11H2,1-2H3,(H,17,18,19). The van der Waals surface area contributed by atoms with E-state index in [1.165, 1.54) is 63.8 Å². The van der Waals surface area contributed by atoms with Crippen LogP contribution in [0.25, 0.3) is 0 Å². The third-order valence-electron chi connectivity index (χ3n) is 3.35. The van der Waals surface area contributed by atoms with Gasteiger partial charge >= 0.3 is 5.97 Å². The number of methoxy groups -OCH3 is 1. The van der Waals surface area contributed by atoms with Crippen molar-refractivity contribution in [2.24, 2.45) is 0 Å². The Bertz CT molecular complexity index is 502. The van der Waals surface area contributed by atoms with Gasteiger partial charge in [0.15, 0.2) is 10.9 Å². The number of carbonyl (C=O) groups excluding carboxylic acids is 1. The Kier molecular flexibility index (Phi) is 9.62. The molecule has 0 fully saturated rings. The number of carbonyl (C=O) groups is 1. The van der Waals surface area contributed by atoms with Crippen molar-refractivity contribution < 1.29 is 9.53 Å². The van der Waals surface area contributed by atoms with Gasteiger partial charge in [0.25, 0.3) is 5.56 Å². The van der Waals surface area contributed by atoms with Crippen molar-refractivity contribution >= 4 is 17.7 Å². The molecule has 1 rings (SSSR count). The van der Waals surface area contributed by atoms with Crippen LogP contribution in [0.1, 0.15) is 68.8 Å². The van der Waals surface area contributed by atoms with Crippen LogP contribution in [-0.2, 0) is 4.74 Å². The number of unbranched alkanes of at least 4 members (excludes halogenated alkanes) is 7. The maximum Gasteiger partial charge on any atom is 0.356 e. The third kappa shape index (κ3) is 7.64. The fourth-order valence-electron chi connectivity index (χ4n) is 2.12. The molecule has 0 amide bonds. The molecule has 0 aliphatic heterocycles. The fraction of sp³-hybridized carbons (Fsp3) is 0.688. The molecule has 1 heterocycles. The maximum absolute atomic E-state index is 11.5. The highest BCUT2D eigenvalue weighted by Gasteiger charge is 2.10. The van der Waals surface area contributed by atoms with Crippen molar-refractivity contribution in [1.29, 1.82) is 0 Å². The Balaban J connectivity index is 2.23. The SMILES string of the molecule is CCCCCCCCCCSc1nc(C(=O)OC)cc(=O)[nH]1. The highest BCUT2D eigenvalue weighted by atomic mass is 32.2. The molecule has 0 radical (unpaired) electrons. The maximum atomic E-state index is 11.5. The predicted molar refractivity (Wildman–Crippen MR) is 89.5 cm³/mol. The van der Waals surface area contributed by atoms with E-state index in [2.05, 4.69) is 21.6 Å². The van der Waals surface area contributed by atoms with E-state index < -0.39 is 5.97 Å². The lowest BCUT2D eigenvalue weighted by molar-refractivity contribution is 0.0592. The molecule has 1 aromatic rings. The molecule has 0 saturated heterocycles. The van der Waals surface area contributed by atoms with Crippen LogP contribution in [0.3, 0.4) is 0 Å². The van der Waals surface area contributed by atoms with Crippen LogP contribution in [0.15, 0.2) is 16.0 Å². The van der Waals surface area contributed by atoms with Gasteiger partial charge in [-0.1, -0.05) is 63.6 Å². The minimum atomic E-state index is -0.583. The molecule has 5 nitrogen and oxygen atoms in total. The number of nitrogens with one attached hydrogen (secondary N) is 1. The Morgan fingerprint density at radius 3 is 2.45 bits per heavy atom. The second-order valence-electron chi connectivity index (χ2n) is 5.25. The van der Waals surface area contributed by atoms with Gasteiger partial charge in [0.1, 0.15) is 0 Å². The van der Waals surface area contributed by atoms with Gasteiger partial charge in [-0.2, -0.15) is 0 Å². The Hall–Kier alpha value is -1.30. The largest absolute Gasteiger partial charge is 0.464 e. The lowest BCUT2D eigenvalue weighted by atomic mass is 10.1. The summed E-state index contributed by atoms with van der Waals surface area (Å²) >= 11 is 1.47. The van der Waals surface area contributed by atoms with Crippen LogP contribution >= 0.6 is 11.8 Å². The molecule has 0 spiro atoms. The van der Waals surface area contributed by atoms with Gasteiger partial charge in [0, 0.05) is 11.8 Å². The lowest BCUT2D eigenvalue weighted by Crippen LogP contribution is -2.14. The van der Waals surface area contributed by atoms with E-state index in [1.807, 2.05) is 0 Å². The van der Waals surface area contributed by atoms with Crippen molar-refractivity contribution in [1.82, 2.24) is 9.97 Å². The van der Waals surface area contributed by atoms with Crippen molar-refractivity contribution in [2.45, 2.75) is 63.4 Å². The van der Waals surface area contributed by atoms with E-state index in [0.29, 0.717) is 5.16 Å². The van der Waals surface area contributed by atoms with Crippen LogP contribution < -0.4 is 5.56 Å². The second kappa shape index (κ2) is 11.3. The predicted octanol–water partition coefficient (Wildman–Crippen LogP) is 3.79. The monoisotopic (exact) mass is 326 g/mol. The average Bonchev–Trinajstić information content (AvgIpc) is 2.52. The molecule has 0 aromatic carbocycles. The van der Waals surface area contributed by atoms with E-state index in [4.69, 9.17) is 0 Å². The quantitative estimate of drug-likeness (QED) is 0.290. The van der Waals surface area contributed by atoms with Crippen molar-refractivity contribution in [3.05, 3.63) is 22.1 Å². The molecule has 0 unspecified atom stereocenters. The third-order valence-corrected chi connectivity index (χ3v) is 4.31. The summed E-state index contributed by atoms with van der Waals surface area (Å²) in [5.74, 6) is 0.308. The minimum Gasteiger partial charge on any atom is -0.464 e. The molecule has 0 saturated carbocycles. The average molecular weight is 326 g/mol. The molecular formula is C16H26N2O3S. The summed E-state index contributed by atoms with van der Waals surface area (Å²) in [4.78, 5) is 29.6. The summed E-state index contributed by atoms with van der Waals surface area (Å²) in [6, 6.07) is 1.16. The summed E-state index contributed by atoms with van der Waals surface area (Å²) in [5.41, 5.74) is -0.265. The molecule has 0 aliphatic carbocycles. The summed E-state index contributed by atoms with van der Waals surface area (Å²) in [7, 11) is 1.28. The van der Waals surface area contributed by atoms with Crippen LogP contribution in [0.4, 0.5) is 0 Å². The molecule has 0 aliphatic rings. The number of rotatable bonds is 11. The number of hydrogen-bond donors (Lipinski definition) is 1. The molecule has 0 atom stereocenters.